The Morgan fingerprint density at radius 2 is 1.86 bits per heavy atom. The van der Waals surface area contributed by atoms with Gasteiger partial charge in [-0.1, -0.05) is 25.7 Å². The first-order valence-corrected chi connectivity index (χ1v) is 16.0. The molecule has 2 aromatic heterocycles. The second kappa shape index (κ2) is 13.4. The second-order valence-electron chi connectivity index (χ2n) is 11.8. The van der Waals surface area contributed by atoms with Crippen LogP contribution in [0.4, 0.5) is 9.52 Å². The highest BCUT2D eigenvalue weighted by Crippen LogP contribution is 2.38. The summed E-state index contributed by atoms with van der Waals surface area (Å²) in [5, 5.41) is 5.79. The molecule has 2 amide bonds. The van der Waals surface area contributed by atoms with Crippen molar-refractivity contribution in [3.63, 3.8) is 0 Å². The average molecular weight is 611 g/mol. The van der Waals surface area contributed by atoms with Crippen molar-refractivity contribution in [2.75, 3.05) is 25.0 Å². The predicted octanol–water partition coefficient (Wildman–Crippen LogP) is 5.62. The van der Waals surface area contributed by atoms with E-state index in [-0.39, 0.29) is 41.5 Å². The van der Waals surface area contributed by atoms with Crippen LogP contribution in [0.2, 0.25) is 0 Å². The highest BCUT2D eigenvalue weighted by atomic mass is 32.1. The van der Waals surface area contributed by atoms with E-state index < -0.39 is 11.7 Å². The average Bonchev–Trinajstić information content (AvgIpc) is 3.72. The number of hydrogen-bond donors (Lipinski definition) is 1. The standard InChI is InChI=1S/C32H39FN4O5S/c1-4-42-31(41)21-9-11-37(12-10-21)29(39)14-22-18-43-32(34-22)35-30(40)25(13-20-7-5-6-8-20)26-17-36(3)28-16-23(19(2)38)27(33)15-24(26)28/h15-18,20-21,25H,4-14H2,1-3H3,(H,34,35,40). The molecule has 230 valence electrons. The number of hydrogen-bond acceptors (Lipinski definition) is 7. The molecule has 1 saturated heterocycles. The van der Waals surface area contributed by atoms with Gasteiger partial charge in [-0.2, -0.15) is 0 Å². The smallest absolute Gasteiger partial charge is 0.309 e. The SMILES string of the molecule is CCOC(=O)C1CCN(C(=O)Cc2csc(NC(=O)C(CC3CCCC3)c3cn(C)c4cc(C(C)=O)c(F)cc34)n2)CC1. The Labute approximate surface area is 254 Å². The summed E-state index contributed by atoms with van der Waals surface area (Å²) in [6, 6.07) is 2.93. The third kappa shape index (κ3) is 6.98. The minimum absolute atomic E-state index is 0.0327. The zero-order valence-electron chi connectivity index (χ0n) is 25.0. The largest absolute Gasteiger partial charge is 0.466 e. The molecule has 9 nitrogen and oxygen atoms in total. The summed E-state index contributed by atoms with van der Waals surface area (Å²) in [6.45, 7) is 4.48. The van der Waals surface area contributed by atoms with E-state index in [2.05, 4.69) is 10.3 Å². The molecule has 0 bridgehead atoms. The van der Waals surface area contributed by atoms with Crippen molar-refractivity contribution >= 4 is 50.9 Å². The maximum absolute atomic E-state index is 14.9. The van der Waals surface area contributed by atoms with Crippen molar-refractivity contribution < 1.29 is 28.3 Å². The van der Waals surface area contributed by atoms with Crippen LogP contribution in [0, 0.1) is 17.7 Å². The van der Waals surface area contributed by atoms with Gasteiger partial charge in [0.05, 0.1) is 36.1 Å². The molecule has 1 N–H and O–H groups in total. The van der Waals surface area contributed by atoms with E-state index in [0.29, 0.717) is 66.6 Å². The number of ketones is 1. The minimum Gasteiger partial charge on any atom is -0.466 e. The quantitative estimate of drug-likeness (QED) is 0.236. The van der Waals surface area contributed by atoms with Crippen LogP contribution in [0.3, 0.4) is 0 Å². The number of Topliss-reactive ketones (excluding diaryl/α,β-unsaturated/α-hetero) is 1. The van der Waals surface area contributed by atoms with Gasteiger partial charge in [0.2, 0.25) is 11.8 Å². The molecule has 1 atom stereocenters. The molecule has 43 heavy (non-hydrogen) atoms. The molecule has 2 aliphatic rings. The van der Waals surface area contributed by atoms with E-state index in [1.807, 2.05) is 17.8 Å². The number of aromatic nitrogens is 2. The number of benzene rings is 1. The number of nitrogens with zero attached hydrogens (tertiary/aromatic N) is 3. The summed E-state index contributed by atoms with van der Waals surface area (Å²) >= 11 is 1.27. The third-order valence-corrected chi connectivity index (χ3v) is 9.61. The van der Waals surface area contributed by atoms with E-state index in [0.717, 1.165) is 31.2 Å². The van der Waals surface area contributed by atoms with Crippen LogP contribution in [0.15, 0.2) is 23.7 Å². The van der Waals surface area contributed by atoms with Gasteiger partial charge in [-0.25, -0.2) is 9.37 Å². The number of likely N-dealkylation sites (tertiary alicyclic amines) is 1. The molecule has 0 spiro atoms. The molecular weight excluding hydrogens is 571 g/mol. The van der Waals surface area contributed by atoms with Crippen molar-refractivity contribution in [2.24, 2.45) is 18.9 Å². The normalized spacial score (nSPS) is 16.9. The van der Waals surface area contributed by atoms with Gasteiger partial charge in [-0.05, 0) is 56.7 Å². The first kappa shape index (κ1) is 30.8. The van der Waals surface area contributed by atoms with Crippen molar-refractivity contribution in [3.05, 3.63) is 46.3 Å². The van der Waals surface area contributed by atoms with Crippen LogP contribution >= 0.6 is 11.3 Å². The number of halogens is 1. The molecular formula is C32H39FN4O5S. The number of nitrogens with one attached hydrogen (secondary N) is 1. The number of anilines is 1. The molecule has 1 aromatic carbocycles. The number of ether oxygens (including phenoxy) is 1. The zero-order chi connectivity index (χ0) is 30.7. The number of thiazole rings is 1. The number of amides is 2. The van der Waals surface area contributed by atoms with Gasteiger partial charge >= 0.3 is 5.97 Å². The maximum Gasteiger partial charge on any atom is 0.309 e. The van der Waals surface area contributed by atoms with E-state index in [9.17, 15) is 23.6 Å². The molecule has 2 fully saturated rings. The van der Waals surface area contributed by atoms with Crippen LogP contribution in [0.1, 0.15) is 86.3 Å². The Hall–Kier alpha value is -3.60. The third-order valence-electron chi connectivity index (χ3n) is 8.81. The van der Waals surface area contributed by atoms with E-state index in [1.165, 1.54) is 24.3 Å². The lowest BCUT2D eigenvalue weighted by atomic mass is 9.87. The maximum atomic E-state index is 14.9. The Balaban J connectivity index is 1.29. The first-order valence-electron chi connectivity index (χ1n) is 15.1. The Bertz CT molecular complexity index is 1520. The molecule has 1 aliphatic carbocycles. The van der Waals surface area contributed by atoms with Crippen molar-refractivity contribution in [3.8, 4) is 0 Å². The van der Waals surface area contributed by atoms with Gasteiger partial charge in [-0.15, -0.1) is 11.3 Å². The zero-order valence-corrected chi connectivity index (χ0v) is 25.8. The lowest BCUT2D eigenvalue weighted by Crippen LogP contribution is -2.41. The van der Waals surface area contributed by atoms with E-state index in [4.69, 9.17) is 4.74 Å². The summed E-state index contributed by atoms with van der Waals surface area (Å²) < 4.78 is 21.9. The van der Waals surface area contributed by atoms with Crippen molar-refractivity contribution in [1.29, 1.82) is 0 Å². The lowest BCUT2D eigenvalue weighted by molar-refractivity contribution is -0.151. The highest BCUT2D eigenvalue weighted by molar-refractivity contribution is 7.14. The summed E-state index contributed by atoms with van der Waals surface area (Å²) in [5.74, 6) is -1.72. The minimum atomic E-state index is -0.591. The molecule has 1 saturated carbocycles. The molecule has 1 unspecified atom stereocenters. The predicted molar refractivity (Wildman–Crippen MR) is 163 cm³/mol. The fourth-order valence-corrected chi connectivity index (χ4v) is 7.18. The number of carbonyl (C=O) groups excluding carboxylic acids is 4. The van der Waals surface area contributed by atoms with Gasteiger partial charge in [-0.3, -0.25) is 19.2 Å². The Morgan fingerprint density at radius 3 is 2.53 bits per heavy atom. The van der Waals surface area contributed by atoms with Gasteiger partial charge in [0.25, 0.3) is 0 Å². The topological polar surface area (TPSA) is 111 Å². The number of aryl methyl sites for hydroxylation is 1. The number of carbonyl (C=O) groups is 4. The van der Waals surface area contributed by atoms with Gasteiger partial charge in [0.1, 0.15) is 5.82 Å². The van der Waals surface area contributed by atoms with E-state index >= 15 is 0 Å². The molecule has 1 aliphatic heterocycles. The van der Waals surface area contributed by atoms with Crippen molar-refractivity contribution in [1.82, 2.24) is 14.5 Å². The summed E-state index contributed by atoms with van der Waals surface area (Å²) in [6.07, 6.45) is 8.16. The first-order chi connectivity index (χ1) is 20.6. The fourth-order valence-electron chi connectivity index (χ4n) is 6.46. The lowest BCUT2D eigenvalue weighted by Gasteiger charge is -2.30. The van der Waals surface area contributed by atoms with Crippen LogP contribution in [0.25, 0.3) is 10.9 Å². The van der Waals surface area contributed by atoms with Gasteiger partial charge in [0, 0.05) is 42.6 Å². The fraction of sp³-hybridized carbons (Fsp3) is 0.531. The highest BCUT2D eigenvalue weighted by Gasteiger charge is 2.31. The van der Waals surface area contributed by atoms with E-state index in [1.54, 1.807) is 23.3 Å². The molecule has 0 radical (unpaired) electrons. The Kier molecular flexibility index (Phi) is 9.59. The summed E-state index contributed by atoms with van der Waals surface area (Å²) in [5.41, 5.74) is 2.04. The number of fused-ring (bicyclic) bond motifs is 1. The van der Waals surface area contributed by atoms with Crippen LogP contribution < -0.4 is 5.32 Å². The monoisotopic (exact) mass is 610 g/mol. The summed E-state index contributed by atoms with van der Waals surface area (Å²) in [4.78, 5) is 57.0. The molecule has 11 heteroatoms. The number of piperidine rings is 1. The van der Waals surface area contributed by atoms with Crippen LogP contribution in [-0.2, 0) is 32.6 Å². The Morgan fingerprint density at radius 1 is 1.14 bits per heavy atom. The van der Waals surface area contributed by atoms with Gasteiger partial charge < -0.3 is 19.5 Å². The van der Waals surface area contributed by atoms with Crippen LogP contribution in [0.5, 0.6) is 0 Å². The molecule has 5 rings (SSSR count). The molecule has 3 aromatic rings. The summed E-state index contributed by atoms with van der Waals surface area (Å²) in [7, 11) is 1.83. The number of esters is 1. The van der Waals surface area contributed by atoms with Gasteiger partial charge in [0.15, 0.2) is 10.9 Å². The van der Waals surface area contributed by atoms with Crippen molar-refractivity contribution in [2.45, 2.75) is 71.1 Å². The molecule has 3 heterocycles. The van der Waals surface area contributed by atoms with Crippen LogP contribution in [-0.4, -0.2) is 57.7 Å². The second-order valence-corrected chi connectivity index (χ2v) is 12.6. The number of rotatable bonds is 10.